The van der Waals surface area contributed by atoms with Gasteiger partial charge in [0.15, 0.2) is 0 Å². The molecule has 1 aliphatic rings. The van der Waals surface area contributed by atoms with Gasteiger partial charge in [-0.2, -0.15) is 0 Å². The van der Waals surface area contributed by atoms with Gasteiger partial charge in [-0.05, 0) is 32.5 Å². The van der Waals surface area contributed by atoms with Crippen LogP contribution in [-0.2, 0) is 0 Å². The highest BCUT2D eigenvalue weighted by Crippen LogP contribution is 2.06. The summed E-state index contributed by atoms with van der Waals surface area (Å²) in [6.45, 7) is 9.23. The molecule has 1 fully saturated rings. The van der Waals surface area contributed by atoms with Gasteiger partial charge in [0.2, 0.25) is 0 Å². The molecule has 0 aromatic rings. The standard InChI is InChI=1S/C11H23N3S/c1-2-13(8-5-11(12)15)9-10-14-6-3-4-7-14/h2-10H2,1H3,(H2,12,15). The predicted molar refractivity (Wildman–Crippen MR) is 69.2 cm³/mol. The molecule has 88 valence electrons. The fourth-order valence-electron chi connectivity index (χ4n) is 1.99. The number of thiocarbonyl (C=S) groups is 1. The molecule has 4 heteroatoms. The molecule has 0 aliphatic carbocycles. The lowest BCUT2D eigenvalue weighted by atomic mass is 10.3. The maximum Gasteiger partial charge on any atom is 0.0740 e. The summed E-state index contributed by atoms with van der Waals surface area (Å²) in [5.74, 6) is 0. The first-order valence-electron chi connectivity index (χ1n) is 5.95. The summed E-state index contributed by atoms with van der Waals surface area (Å²) < 4.78 is 0. The molecule has 0 aromatic carbocycles. The molecule has 0 amide bonds. The van der Waals surface area contributed by atoms with Gasteiger partial charge in [-0.1, -0.05) is 19.1 Å². The SMILES string of the molecule is CCN(CCC(N)=S)CCN1CCCC1. The molecule has 3 nitrogen and oxygen atoms in total. The minimum atomic E-state index is 0.634. The molecule has 0 bridgehead atoms. The van der Waals surface area contributed by atoms with Crippen molar-refractivity contribution >= 4 is 17.2 Å². The van der Waals surface area contributed by atoms with Crippen molar-refractivity contribution < 1.29 is 0 Å². The van der Waals surface area contributed by atoms with Crippen LogP contribution in [0.15, 0.2) is 0 Å². The molecule has 1 heterocycles. The van der Waals surface area contributed by atoms with E-state index < -0.39 is 0 Å². The largest absolute Gasteiger partial charge is 0.393 e. The van der Waals surface area contributed by atoms with Gasteiger partial charge in [0, 0.05) is 26.1 Å². The van der Waals surface area contributed by atoms with E-state index in [1.807, 2.05) is 0 Å². The number of nitrogens with zero attached hydrogens (tertiary/aromatic N) is 2. The highest BCUT2D eigenvalue weighted by atomic mass is 32.1. The van der Waals surface area contributed by atoms with Gasteiger partial charge in [-0.25, -0.2) is 0 Å². The van der Waals surface area contributed by atoms with Gasteiger partial charge in [0.05, 0.1) is 4.99 Å². The molecule has 1 saturated heterocycles. The second kappa shape index (κ2) is 7.14. The first-order chi connectivity index (χ1) is 7.22. The van der Waals surface area contributed by atoms with Gasteiger partial charge in [-0.3, -0.25) is 0 Å². The number of rotatable bonds is 7. The summed E-state index contributed by atoms with van der Waals surface area (Å²) in [5, 5.41) is 0. The Balaban J connectivity index is 2.12. The maximum atomic E-state index is 5.51. The molecule has 1 aliphatic heterocycles. The zero-order valence-corrected chi connectivity index (χ0v) is 10.6. The Hall–Kier alpha value is -0.190. The Morgan fingerprint density at radius 1 is 1.33 bits per heavy atom. The van der Waals surface area contributed by atoms with Crippen molar-refractivity contribution in [2.75, 3.05) is 39.3 Å². The third-order valence-electron chi connectivity index (χ3n) is 3.05. The highest BCUT2D eigenvalue weighted by molar-refractivity contribution is 7.80. The Morgan fingerprint density at radius 3 is 2.53 bits per heavy atom. The Morgan fingerprint density at radius 2 is 2.00 bits per heavy atom. The summed E-state index contributed by atoms with van der Waals surface area (Å²) >= 11 is 4.89. The van der Waals surface area contributed by atoms with Crippen LogP contribution in [0, 0.1) is 0 Å². The van der Waals surface area contributed by atoms with Crippen LogP contribution >= 0.6 is 12.2 Å². The van der Waals surface area contributed by atoms with Gasteiger partial charge in [-0.15, -0.1) is 0 Å². The van der Waals surface area contributed by atoms with Gasteiger partial charge < -0.3 is 15.5 Å². The minimum absolute atomic E-state index is 0.634. The quantitative estimate of drug-likeness (QED) is 0.662. The lowest BCUT2D eigenvalue weighted by Gasteiger charge is -2.23. The van der Waals surface area contributed by atoms with Crippen LogP contribution in [0.2, 0.25) is 0 Å². The Labute approximate surface area is 98.6 Å². The molecular weight excluding hydrogens is 206 g/mol. The van der Waals surface area contributed by atoms with E-state index in [1.54, 1.807) is 0 Å². The molecule has 0 unspecified atom stereocenters. The van der Waals surface area contributed by atoms with E-state index in [0.717, 1.165) is 26.1 Å². The van der Waals surface area contributed by atoms with Crippen molar-refractivity contribution in [3.05, 3.63) is 0 Å². The monoisotopic (exact) mass is 229 g/mol. The molecule has 0 atom stereocenters. The lowest BCUT2D eigenvalue weighted by Crippen LogP contribution is -2.35. The highest BCUT2D eigenvalue weighted by Gasteiger charge is 2.12. The van der Waals surface area contributed by atoms with E-state index >= 15 is 0 Å². The van der Waals surface area contributed by atoms with Crippen molar-refractivity contribution in [3.63, 3.8) is 0 Å². The maximum absolute atomic E-state index is 5.51. The van der Waals surface area contributed by atoms with Crippen LogP contribution in [0.25, 0.3) is 0 Å². The number of nitrogens with two attached hydrogens (primary N) is 1. The average molecular weight is 229 g/mol. The fraction of sp³-hybridized carbons (Fsp3) is 0.909. The zero-order chi connectivity index (χ0) is 11.1. The van der Waals surface area contributed by atoms with Crippen LogP contribution in [0.3, 0.4) is 0 Å². The molecule has 0 spiro atoms. The molecule has 0 aromatic heterocycles. The normalized spacial score (nSPS) is 17.5. The Bertz CT molecular complexity index is 190. The van der Waals surface area contributed by atoms with E-state index in [1.165, 1.54) is 32.5 Å². The smallest absolute Gasteiger partial charge is 0.0740 e. The number of likely N-dealkylation sites (tertiary alicyclic amines) is 1. The average Bonchev–Trinajstić information content (AvgIpc) is 2.70. The number of hydrogen-bond acceptors (Lipinski definition) is 3. The third kappa shape index (κ3) is 5.44. The summed E-state index contributed by atoms with van der Waals surface area (Å²) in [7, 11) is 0. The van der Waals surface area contributed by atoms with E-state index in [0.29, 0.717) is 4.99 Å². The number of hydrogen-bond donors (Lipinski definition) is 1. The summed E-state index contributed by atoms with van der Waals surface area (Å²) in [4.78, 5) is 5.61. The molecule has 0 saturated carbocycles. The van der Waals surface area contributed by atoms with E-state index in [4.69, 9.17) is 18.0 Å². The third-order valence-corrected chi connectivity index (χ3v) is 3.26. The van der Waals surface area contributed by atoms with Crippen LogP contribution in [0.4, 0.5) is 0 Å². The fourth-order valence-corrected chi connectivity index (χ4v) is 2.08. The summed E-state index contributed by atoms with van der Waals surface area (Å²) in [5.41, 5.74) is 5.51. The van der Waals surface area contributed by atoms with Crippen molar-refractivity contribution in [2.45, 2.75) is 26.2 Å². The van der Waals surface area contributed by atoms with Crippen molar-refractivity contribution in [1.29, 1.82) is 0 Å². The van der Waals surface area contributed by atoms with E-state index in [2.05, 4.69) is 16.7 Å². The summed E-state index contributed by atoms with van der Waals surface area (Å²) in [6, 6.07) is 0. The zero-order valence-electron chi connectivity index (χ0n) is 9.74. The minimum Gasteiger partial charge on any atom is -0.393 e. The van der Waals surface area contributed by atoms with Crippen molar-refractivity contribution in [3.8, 4) is 0 Å². The first kappa shape index (κ1) is 12.9. The molecule has 1 rings (SSSR count). The van der Waals surface area contributed by atoms with Gasteiger partial charge in [0.25, 0.3) is 0 Å². The molecule has 2 N–H and O–H groups in total. The van der Waals surface area contributed by atoms with Crippen molar-refractivity contribution in [1.82, 2.24) is 9.80 Å². The Kier molecular flexibility index (Phi) is 6.13. The van der Waals surface area contributed by atoms with Crippen LogP contribution in [-0.4, -0.2) is 54.1 Å². The molecule has 15 heavy (non-hydrogen) atoms. The lowest BCUT2D eigenvalue weighted by molar-refractivity contribution is 0.237. The van der Waals surface area contributed by atoms with Crippen molar-refractivity contribution in [2.24, 2.45) is 5.73 Å². The van der Waals surface area contributed by atoms with E-state index in [-0.39, 0.29) is 0 Å². The van der Waals surface area contributed by atoms with Crippen LogP contribution in [0.1, 0.15) is 26.2 Å². The van der Waals surface area contributed by atoms with Crippen LogP contribution < -0.4 is 5.73 Å². The summed E-state index contributed by atoms with van der Waals surface area (Å²) in [6.07, 6.45) is 3.60. The number of likely N-dealkylation sites (N-methyl/N-ethyl adjacent to an activating group) is 1. The molecule has 0 radical (unpaired) electrons. The molecular formula is C11H23N3S. The van der Waals surface area contributed by atoms with Crippen LogP contribution in [0.5, 0.6) is 0 Å². The predicted octanol–water partition coefficient (Wildman–Crippen LogP) is 1.08. The second-order valence-corrected chi connectivity index (χ2v) is 4.72. The van der Waals surface area contributed by atoms with Gasteiger partial charge in [0.1, 0.15) is 0 Å². The van der Waals surface area contributed by atoms with E-state index in [9.17, 15) is 0 Å². The second-order valence-electron chi connectivity index (χ2n) is 4.20. The topological polar surface area (TPSA) is 32.5 Å². The van der Waals surface area contributed by atoms with Gasteiger partial charge >= 0.3 is 0 Å². The first-order valence-corrected chi connectivity index (χ1v) is 6.36.